The quantitative estimate of drug-likeness (QED) is 0.619. The van der Waals surface area contributed by atoms with Crippen LogP contribution in [0.4, 0.5) is 0 Å². The fraction of sp³-hybridized carbons (Fsp3) is 0.333. The number of hydrogen-bond donors (Lipinski definition) is 0. The summed E-state index contributed by atoms with van der Waals surface area (Å²) in [5.41, 5.74) is 1.88. The van der Waals surface area contributed by atoms with Crippen LogP contribution in [0.1, 0.15) is 11.4 Å². The van der Waals surface area contributed by atoms with Crippen molar-refractivity contribution < 1.29 is 0 Å². The Bertz CT molecular complexity index is 715. The standard InChI is InChI=1S/C9H10N8S/c1-5-4-6(2)16(14-5)9-13-11-7-10-12-8(18-3)15-17(7)9/h4H,1-3H3. The molecule has 0 saturated carbocycles. The first-order valence-electron chi connectivity index (χ1n) is 5.23. The van der Waals surface area contributed by atoms with Crippen molar-refractivity contribution in [2.24, 2.45) is 0 Å². The maximum Gasteiger partial charge on any atom is 0.292 e. The van der Waals surface area contributed by atoms with Crippen LogP contribution in [0.25, 0.3) is 11.7 Å². The second-order valence-electron chi connectivity index (χ2n) is 3.74. The second kappa shape index (κ2) is 4.02. The van der Waals surface area contributed by atoms with Crippen LogP contribution in [0.3, 0.4) is 0 Å². The summed E-state index contributed by atoms with van der Waals surface area (Å²) in [6.45, 7) is 3.87. The number of aromatic nitrogens is 8. The van der Waals surface area contributed by atoms with Gasteiger partial charge >= 0.3 is 0 Å². The number of nitrogens with zero attached hydrogens (tertiary/aromatic N) is 8. The van der Waals surface area contributed by atoms with Crippen LogP contribution < -0.4 is 0 Å². The molecular formula is C9H10N8S. The molecule has 0 aliphatic carbocycles. The average Bonchev–Trinajstić information content (AvgIpc) is 2.91. The molecule has 0 saturated heterocycles. The van der Waals surface area contributed by atoms with Gasteiger partial charge < -0.3 is 0 Å². The minimum Gasteiger partial charge on any atom is -0.202 e. The molecule has 0 radical (unpaired) electrons. The summed E-state index contributed by atoms with van der Waals surface area (Å²) in [6.07, 6.45) is 1.89. The van der Waals surface area contributed by atoms with Crippen LogP contribution in [-0.2, 0) is 0 Å². The molecule has 3 heterocycles. The topological polar surface area (TPSA) is 86.7 Å². The summed E-state index contributed by atoms with van der Waals surface area (Å²) in [7, 11) is 0. The highest BCUT2D eigenvalue weighted by molar-refractivity contribution is 7.98. The molecule has 0 N–H and O–H groups in total. The molecule has 0 amide bonds. The van der Waals surface area contributed by atoms with Gasteiger partial charge in [-0.25, -0.2) is 4.68 Å². The molecule has 0 atom stereocenters. The average molecular weight is 262 g/mol. The molecule has 3 rings (SSSR count). The van der Waals surface area contributed by atoms with E-state index in [0.29, 0.717) is 16.9 Å². The van der Waals surface area contributed by atoms with Gasteiger partial charge in [-0.15, -0.1) is 25.5 Å². The zero-order valence-electron chi connectivity index (χ0n) is 10.1. The van der Waals surface area contributed by atoms with Crippen LogP contribution in [0.2, 0.25) is 0 Å². The Labute approximate surface area is 106 Å². The Morgan fingerprint density at radius 3 is 2.50 bits per heavy atom. The Hall–Kier alpha value is -2.03. The van der Waals surface area contributed by atoms with Crippen molar-refractivity contribution in [2.75, 3.05) is 6.26 Å². The van der Waals surface area contributed by atoms with Crippen molar-refractivity contribution in [1.82, 2.24) is 39.8 Å². The second-order valence-corrected chi connectivity index (χ2v) is 4.51. The Balaban J connectivity index is 2.25. The van der Waals surface area contributed by atoms with E-state index in [4.69, 9.17) is 0 Å². The van der Waals surface area contributed by atoms with E-state index >= 15 is 0 Å². The summed E-state index contributed by atoms with van der Waals surface area (Å²) in [4.78, 5) is 0. The van der Waals surface area contributed by atoms with Crippen LogP contribution >= 0.6 is 11.8 Å². The predicted molar refractivity (Wildman–Crippen MR) is 64.7 cm³/mol. The van der Waals surface area contributed by atoms with Gasteiger partial charge in [-0.1, -0.05) is 11.8 Å². The van der Waals surface area contributed by atoms with Gasteiger partial charge in [-0.2, -0.15) is 9.61 Å². The van der Waals surface area contributed by atoms with Gasteiger partial charge in [-0.3, -0.25) is 0 Å². The van der Waals surface area contributed by atoms with Gasteiger partial charge in [0.25, 0.3) is 11.7 Å². The molecule has 0 bridgehead atoms. The highest BCUT2D eigenvalue weighted by atomic mass is 32.2. The summed E-state index contributed by atoms with van der Waals surface area (Å²) in [6, 6.07) is 1.96. The lowest BCUT2D eigenvalue weighted by atomic mass is 10.4. The van der Waals surface area contributed by atoms with Crippen LogP contribution in [0.5, 0.6) is 0 Å². The first-order valence-corrected chi connectivity index (χ1v) is 6.45. The van der Waals surface area contributed by atoms with Crippen LogP contribution in [-0.4, -0.2) is 46.0 Å². The molecule has 9 heteroatoms. The van der Waals surface area contributed by atoms with Gasteiger partial charge in [-0.05, 0) is 26.2 Å². The molecular weight excluding hydrogens is 252 g/mol. The minimum absolute atomic E-state index is 0.357. The van der Waals surface area contributed by atoms with Gasteiger partial charge in [0.05, 0.1) is 5.69 Å². The number of aryl methyl sites for hydroxylation is 2. The highest BCUT2D eigenvalue weighted by Gasteiger charge is 2.14. The monoisotopic (exact) mass is 262 g/mol. The van der Waals surface area contributed by atoms with E-state index in [2.05, 4.69) is 30.6 Å². The smallest absolute Gasteiger partial charge is 0.202 e. The summed E-state index contributed by atoms with van der Waals surface area (Å²) >= 11 is 1.41. The molecule has 0 spiro atoms. The lowest BCUT2D eigenvalue weighted by Gasteiger charge is -2.00. The van der Waals surface area contributed by atoms with Crippen molar-refractivity contribution in [3.63, 3.8) is 0 Å². The molecule has 0 aromatic carbocycles. The third kappa shape index (κ3) is 1.63. The Morgan fingerprint density at radius 1 is 1.06 bits per heavy atom. The molecule has 0 fully saturated rings. The van der Waals surface area contributed by atoms with E-state index in [1.165, 1.54) is 16.3 Å². The zero-order valence-corrected chi connectivity index (χ0v) is 10.9. The Morgan fingerprint density at radius 2 is 1.83 bits per heavy atom. The van der Waals surface area contributed by atoms with Gasteiger partial charge in [0.2, 0.25) is 5.16 Å². The summed E-state index contributed by atoms with van der Waals surface area (Å²) in [5.74, 6) is 0.871. The molecule has 18 heavy (non-hydrogen) atoms. The third-order valence-electron chi connectivity index (χ3n) is 2.40. The highest BCUT2D eigenvalue weighted by Crippen LogP contribution is 2.11. The number of thioether (sulfide) groups is 1. The summed E-state index contributed by atoms with van der Waals surface area (Å²) in [5, 5.41) is 25.1. The van der Waals surface area contributed by atoms with E-state index in [1.54, 1.807) is 4.68 Å². The van der Waals surface area contributed by atoms with Crippen LogP contribution in [0.15, 0.2) is 11.2 Å². The molecule has 3 aromatic rings. The van der Waals surface area contributed by atoms with E-state index in [9.17, 15) is 0 Å². The largest absolute Gasteiger partial charge is 0.292 e. The van der Waals surface area contributed by atoms with Gasteiger partial charge in [0.15, 0.2) is 0 Å². The molecule has 0 aliphatic heterocycles. The predicted octanol–water partition coefficient (Wildman–Crippen LogP) is 0.439. The first kappa shape index (κ1) is 11.1. The number of hydrogen-bond acceptors (Lipinski definition) is 7. The SMILES string of the molecule is CSc1nnc2nnc(-n3nc(C)cc3C)n2n1. The van der Waals surface area contributed by atoms with Crippen LogP contribution in [0, 0.1) is 13.8 Å². The Kier molecular flexibility index (Phi) is 2.47. The number of fused-ring (bicyclic) bond motifs is 1. The fourth-order valence-corrected chi connectivity index (χ4v) is 1.94. The zero-order chi connectivity index (χ0) is 12.7. The fourth-order valence-electron chi connectivity index (χ4n) is 1.65. The van der Waals surface area contributed by atoms with Crippen molar-refractivity contribution in [3.05, 3.63) is 17.5 Å². The molecule has 0 unspecified atom stereocenters. The molecule has 0 aliphatic rings. The lowest BCUT2D eigenvalue weighted by Crippen LogP contribution is -2.08. The van der Waals surface area contributed by atoms with Crippen molar-refractivity contribution >= 4 is 17.5 Å². The van der Waals surface area contributed by atoms with E-state index < -0.39 is 0 Å². The maximum atomic E-state index is 4.36. The van der Waals surface area contributed by atoms with Crippen molar-refractivity contribution in [1.29, 1.82) is 0 Å². The molecule has 8 nitrogen and oxygen atoms in total. The summed E-state index contributed by atoms with van der Waals surface area (Å²) < 4.78 is 3.23. The van der Waals surface area contributed by atoms with E-state index in [1.807, 2.05) is 26.2 Å². The maximum absolute atomic E-state index is 4.36. The number of rotatable bonds is 2. The van der Waals surface area contributed by atoms with Crippen molar-refractivity contribution in [3.8, 4) is 5.95 Å². The normalized spacial score (nSPS) is 11.3. The minimum atomic E-state index is 0.357. The van der Waals surface area contributed by atoms with E-state index in [0.717, 1.165) is 11.4 Å². The molecule has 3 aromatic heterocycles. The van der Waals surface area contributed by atoms with E-state index in [-0.39, 0.29) is 0 Å². The molecule has 92 valence electrons. The van der Waals surface area contributed by atoms with Gasteiger partial charge in [0, 0.05) is 5.69 Å². The lowest BCUT2D eigenvalue weighted by molar-refractivity contribution is 0.679. The third-order valence-corrected chi connectivity index (χ3v) is 2.93. The van der Waals surface area contributed by atoms with Crippen molar-refractivity contribution in [2.45, 2.75) is 19.0 Å². The van der Waals surface area contributed by atoms with Gasteiger partial charge in [0.1, 0.15) is 0 Å². The first-order chi connectivity index (χ1) is 8.69.